The van der Waals surface area contributed by atoms with E-state index in [1.165, 1.54) is 12.8 Å². The van der Waals surface area contributed by atoms with Gasteiger partial charge >= 0.3 is 0 Å². The SMILES string of the molecule is CN(C)CCCN(C=CCN)CCCN(C)C. The zero-order valence-electron chi connectivity index (χ0n) is 12.0. The fourth-order valence-electron chi connectivity index (χ4n) is 1.65. The van der Waals surface area contributed by atoms with Gasteiger partial charge in [0.15, 0.2) is 0 Å². The molecular formula is C13H30N4. The van der Waals surface area contributed by atoms with E-state index in [-0.39, 0.29) is 0 Å². The van der Waals surface area contributed by atoms with E-state index in [2.05, 4.69) is 49.1 Å². The first-order valence-corrected chi connectivity index (χ1v) is 6.46. The predicted octanol–water partition coefficient (Wildman–Crippen LogP) is 0.664. The van der Waals surface area contributed by atoms with Crippen molar-refractivity contribution in [3.63, 3.8) is 0 Å². The van der Waals surface area contributed by atoms with Crippen LogP contribution in [0.1, 0.15) is 12.8 Å². The van der Waals surface area contributed by atoms with Crippen molar-refractivity contribution < 1.29 is 0 Å². The fourth-order valence-corrected chi connectivity index (χ4v) is 1.65. The minimum Gasteiger partial charge on any atom is -0.378 e. The predicted molar refractivity (Wildman–Crippen MR) is 76.1 cm³/mol. The molecule has 0 saturated heterocycles. The van der Waals surface area contributed by atoms with Crippen LogP contribution in [0, 0.1) is 0 Å². The normalized spacial score (nSPS) is 11.9. The Morgan fingerprint density at radius 2 is 1.29 bits per heavy atom. The summed E-state index contributed by atoms with van der Waals surface area (Å²) in [6, 6.07) is 0. The molecule has 4 nitrogen and oxygen atoms in total. The highest BCUT2D eigenvalue weighted by molar-refractivity contribution is 4.83. The average Bonchev–Trinajstić information content (AvgIpc) is 2.24. The van der Waals surface area contributed by atoms with Gasteiger partial charge in [0.1, 0.15) is 0 Å². The second-order valence-electron chi connectivity index (χ2n) is 4.97. The maximum Gasteiger partial charge on any atom is 0.0184 e. The van der Waals surface area contributed by atoms with Gasteiger partial charge in [-0.05, 0) is 60.3 Å². The molecule has 0 saturated carbocycles. The molecule has 0 aromatic carbocycles. The van der Waals surface area contributed by atoms with Crippen LogP contribution in [-0.4, -0.2) is 75.6 Å². The second-order valence-corrected chi connectivity index (χ2v) is 4.97. The van der Waals surface area contributed by atoms with E-state index in [9.17, 15) is 0 Å². The van der Waals surface area contributed by atoms with E-state index >= 15 is 0 Å². The Labute approximate surface area is 107 Å². The summed E-state index contributed by atoms with van der Waals surface area (Å²) in [6.45, 7) is 5.13. The Kier molecular flexibility index (Phi) is 10.2. The van der Waals surface area contributed by atoms with E-state index < -0.39 is 0 Å². The number of nitrogens with zero attached hydrogens (tertiary/aromatic N) is 3. The zero-order valence-corrected chi connectivity index (χ0v) is 12.0. The van der Waals surface area contributed by atoms with E-state index in [0.29, 0.717) is 6.54 Å². The number of hydrogen-bond acceptors (Lipinski definition) is 4. The van der Waals surface area contributed by atoms with Gasteiger partial charge in [-0.25, -0.2) is 0 Å². The molecule has 0 rings (SSSR count). The molecule has 0 unspecified atom stereocenters. The van der Waals surface area contributed by atoms with E-state index in [1.54, 1.807) is 0 Å². The highest BCUT2D eigenvalue weighted by Gasteiger charge is 2.00. The summed E-state index contributed by atoms with van der Waals surface area (Å²) < 4.78 is 0. The van der Waals surface area contributed by atoms with Gasteiger partial charge < -0.3 is 20.4 Å². The molecule has 0 heterocycles. The second kappa shape index (κ2) is 10.6. The summed E-state index contributed by atoms with van der Waals surface area (Å²) in [7, 11) is 8.47. The monoisotopic (exact) mass is 242 g/mol. The van der Waals surface area contributed by atoms with Gasteiger partial charge in [0.25, 0.3) is 0 Å². The molecule has 0 aliphatic heterocycles. The standard InChI is InChI=1S/C13H30N4/c1-15(2)9-6-12-17(11-5-8-14)13-7-10-16(3)4/h5,11H,6-10,12-14H2,1-4H3. The van der Waals surface area contributed by atoms with Crippen LogP contribution < -0.4 is 5.73 Å². The fraction of sp³-hybridized carbons (Fsp3) is 0.846. The molecule has 17 heavy (non-hydrogen) atoms. The van der Waals surface area contributed by atoms with E-state index in [1.807, 2.05) is 6.08 Å². The average molecular weight is 242 g/mol. The van der Waals surface area contributed by atoms with Crippen LogP contribution in [0.15, 0.2) is 12.3 Å². The quantitative estimate of drug-likeness (QED) is 0.611. The van der Waals surface area contributed by atoms with Crippen molar-refractivity contribution in [2.24, 2.45) is 5.73 Å². The Morgan fingerprint density at radius 1 is 0.824 bits per heavy atom. The summed E-state index contributed by atoms with van der Waals surface area (Å²) >= 11 is 0. The molecule has 0 aliphatic rings. The van der Waals surface area contributed by atoms with E-state index in [0.717, 1.165) is 26.2 Å². The van der Waals surface area contributed by atoms with Gasteiger partial charge in [0, 0.05) is 19.6 Å². The first kappa shape index (κ1) is 16.4. The highest BCUT2D eigenvalue weighted by atomic mass is 15.1. The van der Waals surface area contributed by atoms with Crippen molar-refractivity contribution in [3.05, 3.63) is 12.3 Å². The molecule has 0 amide bonds. The van der Waals surface area contributed by atoms with Crippen molar-refractivity contribution in [3.8, 4) is 0 Å². The summed E-state index contributed by atoms with van der Waals surface area (Å²) in [5.41, 5.74) is 5.50. The summed E-state index contributed by atoms with van der Waals surface area (Å²) in [4.78, 5) is 6.83. The Bertz CT molecular complexity index is 176. The Morgan fingerprint density at radius 3 is 1.65 bits per heavy atom. The Hall–Kier alpha value is -0.580. The molecule has 0 fully saturated rings. The Balaban J connectivity index is 3.83. The van der Waals surface area contributed by atoms with Crippen molar-refractivity contribution in [1.29, 1.82) is 0 Å². The van der Waals surface area contributed by atoms with Gasteiger partial charge in [0.05, 0.1) is 0 Å². The van der Waals surface area contributed by atoms with E-state index in [4.69, 9.17) is 5.73 Å². The van der Waals surface area contributed by atoms with Gasteiger partial charge in [-0.2, -0.15) is 0 Å². The van der Waals surface area contributed by atoms with Crippen LogP contribution in [0.2, 0.25) is 0 Å². The minimum atomic E-state index is 0.623. The van der Waals surface area contributed by atoms with Crippen molar-refractivity contribution in [1.82, 2.24) is 14.7 Å². The first-order chi connectivity index (χ1) is 8.06. The van der Waals surface area contributed by atoms with Gasteiger partial charge in [-0.3, -0.25) is 0 Å². The maximum absolute atomic E-state index is 5.50. The summed E-state index contributed by atoms with van der Waals surface area (Å²) in [6.07, 6.45) is 6.57. The molecular weight excluding hydrogens is 212 g/mol. The topological polar surface area (TPSA) is 35.7 Å². The first-order valence-electron chi connectivity index (χ1n) is 6.46. The molecule has 0 aromatic rings. The third-order valence-corrected chi connectivity index (χ3v) is 2.55. The van der Waals surface area contributed by atoms with Crippen molar-refractivity contribution in [2.45, 2.75) is 12.8 Å². The maximum atomic E-state index is 5.50. The number of nitrogens with two attached hydrogens (primary N) is 1. The molecule has 0 radical (unpaired) electrons. The minimum absolute atomic E-state index is 0.623. The lowest BCUT2D eigenvalue weighted by Crippen LogP contribution is -2.26. The van der Waals surface area contributed by atoms with Gasteiger partial charge in [0.2, 0.25) is 0 Å². The lowest BCUT2D eigenvalue weighted by Gasteiger charge is -2.22. The van der Waals surface area contributed by atoms with Crippen molar-refractivity contribution >= 4 is 0 Å². The molecule has 0 aliphatic carbocycles. The highest BCUT2D eigenvalue weighted by Crippen LogP contribution is 1.97. The molecule has 0 spiro atoms. The molecule has 4 heteroatoms. The van der Waals surface area contributed by atoms with Gasteiger partial charge in [-0.15, -0.1) is 0 Å². The lowest BCUT2D eigenvalue weighted by atomic mass is 10.3. The van der Waals surface area contributed by atoms with Crippen LogP contribution in [0.5, 0.6) is 0 Å². The van der Waals surface area contributed by atoms with Crippen LogP contribution >= 0.6 is 0 Å². The summed E-state index contributed by atoms with van der Waals surface area (Å²) in [5, 5.41) is 0. The number of hydrogen-bond donors (Lipinski definition) is 1. The smallest absolute Gasteiger partial charge is 0.0184 e. The molecule has 2 N–H and O–H groups in total. The van der Waals surface area contributed by atoms with Gasteiger partial charge in [-0.1, -0.05) is 6.08 Å². The van der Waals surface area contributed by atoms with Crippen LogP contribution in [0.3, 0.4) is 0 Å². The molecule has 0 aromatic heterocycles. The lowest BCUT2D eigenvalue weighted by molar-refractivity contribution is 0.303. The third kappa shape index (κ3) is 11.7. The van der Waals surface area contributed by atoms with Crippen LogP contribution in [0.4, 0.5) is 0 Å². The third-order valence-electron chi connectivity index (χ3n) is 2.55. The largest absolute Gasteiger partial charge is 0.378 e. The van der Waals surface area contributed by atoms with Crippen molar-refractivity contribution in [2.75, 3.05) is 60.9 Å². The molecule has 0 bridgehead atoms. The summed E-state index contributed by atoms with van der Waals surface area (Å²) in [5.74, 6) is 0. The number of rotatable bonds is 10. The van der Waals surface area contributed by atoms with Crippen LogP contribution in [-0.2, 0) is 0 Å². The van der Waals surface area contributed by atoms with Crippen LogP contribution in [0.25, 0.3) is 0 Å². The zero-order chi connectivity index (χ0) is 13.1. The molecule has 0 atom stereocenters. The molecule has 102 valence electrons.